The van der Waals surface area contributed by atoms with Gasteiger partial charge < -0.3 is 19.5 Å². The molecular weight excluding hydrogens is 266 g/mol. The lowest BCUT2D eigenvalue weighted by molar-refractivity contribution is 0.0638. The fourth-order valence-corrected chi connectivity index (χ4v) is 2.58. The normalized spacial score (nSPS) is 18.1. The van der Waals surface area contributed by atoms with E-state index in [9.17, 15) is 0 Å². The van der Waals surface area contributed by atoms with Crippen LogP contribution in [0, 0.1) is 0 Å². The molecular formula is C17H19NO3. The number of hydrogen-bond donors (Lipinski definition) is 1. The molecule has 3 rings (SSSR count). The van der Waals surface area contributed by atoms with Crippen LogP contribution < -0.4 is 19.5 Å². The SMILES string of the molecule is CNC(c1ccc(OC)cc1)C1COc2ccccc2O1. The monoisotopic (exact) mass is 285 g/mol. The second-order valence-electron chi connectivity index (χ2n) is 4.95. The highest BCUT2D eigenvalue weighted by Crippen LogP contribution is 2.34. The van der Waals surface area contributed by atoms with Crippen molar-refractivity contribution in [1.29, 1.82) is 0 Å². The number of rotatable bonds is 4. The molecule has 0 spiro atoms. The van der Waals surface area contributed by atoms with Gasteiger partial charge in [0.05, 0.1) is 13.2 Å². The summed E-state index contributed by atoms with van der Waals surface area (Å²) in [5.74, 6) is 2.45. The average molecular weight is 285 g/mol. The maximum Gasteiger partial charge on any atom is 0.161 e. The van der Waals surface area contributed by atoms with Gasteiger partial charge in [-0.1, -0.05) is 24.3 Å². The Morgan fingerprint density at radius 2 is 1.81 bits per heavy atom. The van der Waals surface area contributed by atoms with Crippen molar-refractivity contribution in [2.45, 2.75) is 12.1 Å². The third-order valence-electron chi connectivity index (χ3n) is 3.69. The molecule has 4 heteroatoms. The zero-order valence-corrected chi connectivity index (χ0v) is 12.2. The van der Waals surface area contributed by atoms with Crippen LogP contribution in [0.3, 0.4) is 0 Å². The van der Waals surface area contributed by atoms with Crippen LogP contribution in [0.25, 0.3) is 0 Å². The molecule has 2 atom stereocenters. The minimum absolute atomic E-state index is 0.0595. The van der Waals surface area contributed by atoms with Crippen LogP contribution in [0.15, 0.2) is 48.5 Å². The number of ether oxygens (including phenoxy) is 3. The summed E-state index contributed by atoms with van der Waals surface area (Å²) in [7, 11) is 3.60. The van der Waals surface area contributed by atoms with E-state index in [1.807, 2.05) is 55.6 Å². The first-order valence-electron chi connectivity index (χ1n) is 7.01. The summed E-state index contributed by atoms with van der Waals surface area (Å²) in [6.45, 7) is 0.522. The Labute approximate surface area is 124 Å². The van der Waals surface area contributed by atoms with E-state index in [1.54, 1.807) is 7.11 Å². The zero-order chi connectivity index (χ0) is 14.7. The van der Waals surface area contributed by atoms with E-state index in [0.717, 1.165) is 22.8 Å². The standard InChI is InChI=1S/C17H19NO3/c1-18-17(12-7-9-13(19-2)10-8-12)16-11-20-14-5-3-4-6-15(14)21-16/h3-10,16-18H,11H2,1-2H3. The first-order valence-corrected chi connectivity index (χ1v) is 7.01. The van der Waals surface area contributed by atoms with Crippen molar-refractivity contribution in [3.05, 3.63) is 54.1 Å². The van der Waals surface area contributed by atoms with E-state index < -0.39 is 0 Å². The van der Waals surface area contributed by atoms with Gasteiger partial charge in [-0.3, -0.25) is 0 Å². The predicted octanol–water partition coefficient (Wildman–Crippen LogP) is 2.80. The van der Waals surface area contributed by atoms with E-state index in [4.69, 9.17) is 14.2 Å². The molecule has 1 N–H and O–H groups in total. The molecule has 0 amide bonds. The zero-order valence-electron chi connectivity index (χ0n) is 12.2. The summed E-state index contributed by atoms with van der Waals surface area (Å²) in [5, 5.41) is 3.31. The molecule has 21 heavy (non-hydrogen) atoms. The van der Waals surface area contributed by atoms with Crippen molar-refractivity contribution < 1.29 is 14.2 Å². The van der Waals surface area contributed by atoms with Crippen molar-refractivity contribution in [2.24, 2.45) is 0 Å². The van der Waals surface area contributed by atoms with Crippen LogP contribution in [0.5, 0.6) is 17.2 Å². The first-order chi connectivity index (χ1) is 10.3. The number of methoxy groups -OCH3 is 1. The van der Waals surface area contributed by atoms with Crippen molar-refractivity contribution in [3.8, 4) is 17.2 Å². The Hall–Kier alpha value is -2.20. The highest BCUT2D eigenvalue weighted by molar-refractivity contribution is 5.41. The Balaban J connectivity index is 1.80. The highest BCUT2D eigenvalue weighted by atomic mass is 16.6. The molecule has 1 aliphatic heterocycles. The predicted molar refractivity (Wildman–Crippen MR) is 81.1 cm³/mol. The van der Waals surface area contributed by atoms with Crippen LogP contribution in [0.1, 0.15) is 11.6 Å². The second-order valence-corrected chi connectivity index (χ2v) is 4.95. The van der Waals surface area contributed by atoms with Crippen LogP contribution >= 0.6 is 0 Å². The van der Waals surface area contributed by atoms with Gasteiger partial charge in [0, 0.05) is 0 Å². The van der Waals surface area contributed by atoms with E-state index >= 15 is 0 Å². The fraction of sp³-hybridized carbons (Fsp3) is 0.294. The summed E-state index contributed by atoms with van der Waals surface area (Å²) < 4.78 is 17.1. The summed E-state index contributed by atoms with van der Waals surface area (Å²) in [5.41, 5.74) is 1.14. The van der Waals surface area contributed by atoms with Gasteiger partial charge in [0.25, 0.3) is 0 Å². The van der Waals surface area contributed by atoms with E-state index in [-0.39, 0.29) is 12.1 Å². The summed E-state index contributed by atoms with van der Waals surface area (Å²) in [4.78, 5) is 0. The average Bonchev–Trinajstić information content (AvgIpc) is 2.56. The Morgan fingerprint density at radius 1 is 1.10 bits per heavy atom. The molecule has 2 aromatic carbocycles. The minimum atomic E-state index is -0.0710. The van der Waals surface area contributed by atoms with E-state index in [1.165, 1.54) is 0 Å². The Kier molecular flexibility index (Phi) is 3.97. The van der Waals surface area contributed by atoms with Crippen LogP contribution in [0.4, 0.5) is 0 Å². The van der Waals surface area contributed by atoms with Gasteiger partial charge in [-0.25, -0.2) is 0 Å². The number of para-hydroxylation sites is 2. The fourth-order valence-electron chi connectivity index (χ4n) is 2.58. The maximum atomic E-state index is 6.08. The molecule has 0 radical (unpaired) electrons. The molecule has 2 aromatic rings. The van der Waals surface area contributed by atoms with E-state index in [0.29, 0.717) is 6.61 Å². The van der Waals surface area contributed by atoms with Gasteiger partial charge >= 0.3 is 0 Å². The van der Waals surface area contributed by atoms with Gasteiger partial charge in [-0.2, -0.15) is 0 Å². The number of hydrogen-bond acceptors (Lipinski definition) is 4. The van der Waals surface area contributed by atoms with Crippen molar-refractivity contribution in [3.63, 3.8) is 0 Å². The number of nitrogens with one attached hydrogen (secondary N) is 1. The molecule has 2 unspecified atom stereocenters. The maximum absolute atomic E-state index is 6.08. The van der Waals surface area contributed by atoms with Crippen LogP contribution in [0.2, 0.25) is 0 Å². The summed E-state index contributed by atoms with van der Waals surface area (Å²) in [6, 6.07) is 15.8. The molecule has 0 saturated heterocycles. The third kappa shape index (κ3) is 2.81. The number of benzene rings is 2. The van der Waals surface area contributed by atoms with Gasteiger partial charge in [0.15, 0.2) is 17.6 Å². The van der Waals surface area contributed by atoms with Gasteiger partial charge in [0.1, 0.15) is 12.4 Å². The topological polar surface area (TPSA) is 39.7 Å². The van der Waals surface area contributed by atoms with Gasteiger partial charge in [-0.15, -0.1) is 0 Å². The lowest BCUT2D eigenvalue weighted by Gasteiger charge is -2.32. The van der Waals surface area contributed by atoms with Crippen molar-refractivity contribution >= 4 is 0 Å². The molecule has 110 valence electrons. The molecule has 0 saturated carbocycles. The van der Waals surface area contributed by atoms with E-state index in [2.05, 4.69) is 5.32 Å². The Bertz CT molecular complexity index is 597. The lowest BCUT2D eigenvalue weighted by atomic mass is 10.0. The van der Waals surface area contributed by atoms with Crippen LogP contribution in [-0.2, 0) is 0 Å². The largest absolute Gasteiger partial charge is 0.497 e. The highest BCUT2D eigenvalue weighted by Gasteiger charge is 2.29. The smallest absolute Gasteiger partial charge is 0.161 e. The van der Waals surface area contributed by atoms with Crippen molar-refractivity contribution in [1.82, 2.24) is 5.32 Å². The quantitative estimate of drug-likeness (QED) is 0.937. The van der Waals surface area contributed by atoms with Gasteiger partial charge in [-0.05, 0) is 36.9 Å². The molecule has 1 aliphatic rings. The third-order valence-corrected chi connectivity index (χ3v) is 3.69. The minimum Gasteiger partial charge on any atom is -0.497 e. The molecule has 0 aromatic heterocycles. The summed E-state index contributed by atoms with van der Waals surface area (Å²) in [6.07, 6.45) is -0.0710. The number of fused-ring (bicyclic) bond motifs is 1. The lowest BCUT2D eigenvalue weighted by Crippen LogP contribution is -2.40. The van der Waals surface area contributed by atoms with Crippen LogP contribution in [-0.4, -0.2) is 26.9 Å². The van der Waals surface area contributed by atoms with Gasteiger partial charge in [0.2, 0.25) is 0 Å². The molecule has 1 heterocycles. The molecule has 4 nitrogen and oxygen atoms in total. The number of likely N-dealkylation sites (N-methyl/N-ethyl adjacent to an activating group) is 1. The summed E-state index contributed by atoms with van der Waals surface area (Å²) >= 11 is 0. The van der Waals surface area contributed by atoms with Crippen molar-refractivity contribution in [2.75, 3.05) is 20.8 Å². The Morgan fingerprint density at radius 3 is 2.48 bits per heavy atom. The molecule has 0 bridgehead atoms. The second kappa shape index (κ2) is 6.06. The molecule has 0 aliphatic carbocycles. The molecule has 0 fully saturated rings. The first kappa shape index (κ1) is 13.8.